The molecule has 0 saturated carbocycles. The van der Waals surface area contributed by atoms with Crippen molar-refractivity contribution in [2.75, 3.05) is 11.9 Å². The molecule has 1 amide bonds. The van der Waals surface area contributed by atoms with Crippen LogP contribution >= 0.6 is 15.9 Å². The van der Waals surface area contributed by atoms with E-state index >= 15 is 0 Å². The predicted molar refractivity (Wildman–Crippen MR) is 126 cm³/mol. The van der Waals surface area contributed by atoms with E-state index in [1.807, 2.05) is 62.4 Å². The Balaban J connectivity index is 1.70. The molecule has 0 radical (unpaired) electrons. The quantitative estimate of drug-likeness (QED) is 0.390. The smallest absolute Gasteiger partial charge is 0.262 e. The number of carbonyl (C=O) groups is 1. The molecule has 0 spiro atoms. The first-order valence-corrected chi connectivity index (χ1v) is 10.5. The van der Waals surface area contributed by atoms with Gasteiger partial charge in [-0.1, -0.05) is 46.3 Å². The molecule has 0 aliphatic carbocycles. The Bertz CT molecular complexity index is 1310. The summed E-state index contributed by atoms with van der Waals surface area (Å²) >= 11 is 3.36. The molecule has 4 aromatic rings. The van der Waals surface area contributed by atoms with E-state index in [2.05, 4.69) is 21.2 Å². The zero-order valence-corrected chi connectivity index (χ0v) is 18.7. The van der Waals surface area contributed by atoms with Gasteiger partial charge in [-0.05, 0) is 61.4 Å². The Hall–Kier alpha value is -3.38. The third-order valence-electron chi connectivity index (χ3n) is 4.98. The Labute approximate surface area is 187 Å². The fourth-order valence-corrected chi connectivity index (χ4v) is 3.48. The Morgan fingerprint density at radius 2 is 1.68 bits per heavy atom. The second-order valence-electron chi connectivity index (χ2n) is 7.23. The minimum absolute atomic E-state index is 0.0212. The lowest BCUT2D eigenvalue weighted by Gasteiger charge is -2.13. The Kier molecular flexibility index (Phi) is 5.91. The van der Waals surface area contributed by atoms with E-state index in [4.69, 9.17) is 9.15 Å². The fraction of sp³-hybridized carbons (Fsp3) is 0.120. The van der Waals surface area contributed by atoms with Gasteiger partial charge in [0.05, 0.1) is 5.39 Å². The van der Waals surface area contributed by atoms with Crippen LogP contribution in [0.4, 0.5) is 5.69 Å². The number of ether oxygens (including phenoxy) is 1. The molecule has 0 atom stereocenters. The normalized spacial score (nSPS) is 10.8. The maximum Gasteiger partial charge on any atom is 0.262 e. The number of hydrogen-bond acceptors (Lipinski definition) is 4. The highest BCUT2D eigenvalue weighted by atomic mass is 79.9. The maximum absolute atomic E-state index is 13.3. The van der Waals surface area contributed by atoms with Gasteiger partial charge in [-0.25, -0.2) is 0 Å². The highest BCUT2D eigenvalue weighted by Gasteiger charge is 2.19. The number of nitrogens with one attached hydrogen (secondary N) is 1. The van der Waals surface area contributed by atoms with Crippen LogP contribution in [0.5, 0.6) is 5.75 Å². The third-order valence-corrected chi connectivity index (χ3v) is 5.51. The van der Waals surface area contributed by atoms with Crippen molar-refractivity contribution in [3.8, 4) is 17.1 Å². The minimum atomic E-state index is -0.374. The molecule has 5 nitrogen and oxygen atoms in total. The summed E-state index contributed by atoms with van der Waals surface area (Å²) in [5.74, 6) is -0.0494. The topological polar surface area (TPSA) is 68.5 Å². The number of fused-ring (bicyclic) bond motifs is 1. The van der Waals surface area contributed by atoms with Crippen LogP contribution in [0.15, 0.2) is 80.4 Å². The molecule has 0 fully saturated rings. The van der Waals surface area contributed by atoms with Gasteiger partial charge in [-0.15, -0.1) is 0 Å². The van der Waals surface area contributed by atoms with Crippen LogP contribution in [0.1, 0.15) is 11.1 Å². The Morgan fingerprint density at radius 3 is 2.39 bits per heavy atom. The molecule has 6 heteroatoms. The van der Waals surface area contributed by atoms with Gasteiger partial charge in [-0.2, -0.15) is 0 Å². The van der Waals surface area contributed by atoms with Crippen LogP contribution < -0.4 is 15.5 Å². The van der Waals surface area contributed by atoms with Crippen molar-refractivity contribution in [1.29, 1.82) is 0 Å². The van der Waals surface area contributed by atoms with E-state index in [1.165, 1.54) is 0 Å². The number of anilines is 1. The highest BCUT2D eigenvalue weighted by Crippen LogP contribution is 2.31. The number of aryl methyl sites for hydroxylation is 2. The van der Waals surface area contributed by atoms with Crippen LogP contribution in [-0.2, 0) is 4.79 Å². The molecule has 0 aliphatic rings. The van der Waals surface area contributed by atoms with Crippen LogP contribution in [0, 0.1) is 13.8 Å². The SMILES string of the molecule is Cc1cc2oc(-c3ccccc3)c(OCC(=O)Nc3ccc(Br)cc3)c(=O)c2cc1C. The molecule has 3 aromatic carbocycles. The molecular weight excluding hydrogens is 458 g/mol. The van der Waals surface area contributed by atoms with Gasteiger partial charge >= 0.3 is 0 Å². The molecular formula is C25H20BrNO4. The average Bonchev–Trinajstić information content (AvgIpc) is 2.76. The lowest BCUT2D eigenvalue weighted by atomic mass is 10.0. The summed E-state index contributed by atoms with van der Waals surface area (Å²) in [5, 5.41) is 3.18. The summed E-state index contributed by atoms with van der Waals surface area (Å²) in [6.45, 7) is 3.58. The second-order valence-corrected chi connectivity index (χ2v) is 8.15. The summed E-state index contributed by atoms with van der Waals surface area (Å²) < 4.78 is 12.7. The van der Waals surface area contributed by atoms with Gasteiger partial charge in [0.1, 0.15) is 5.58 Å². The summed E-state index contributed by atoms with van der Waals surface area (Å²) in [6.07, 6.45) is 0. The van der Waals surface area contributed by atoms with Crippen molar-refractivity contribution >= 4 is 38.5 Å². The molecule has 1 heterocycles. The summed E-state index contributed by atoms with van der Waals surface area (Å²) in [5.41, 5.74) is 3.52. The number of hydrogen-bond donors (Lipinski definition) is 1. The van der Waals surface area contributed by atoms with E-state index in [-0.39, 0.29) is 23.7 Å². The van der Waals surface area contributed by atoms with E-state index < -0.39 is 0 Å². The minimum Gasteiger partial charge on any atom is -0.476 e. The maximum atomic E-state index is 13.3. The van der Waals surface area contributed by atoms with Crippen molar-refractivity contribution in [2.45, 2.75) is 13.8 Å². The van der Waals surface area contributed by atoms with E-state index in [1.54, 1.807) is 18.2 Å². The monoisotopic (exact) mass is 477 g/mol. The molecule has 4 rings (SSSR count). The predicted octanol–water partition coefficient (Wildman–Crippen LogP) is 5.86. The first-order chi connectivity index (χ1) is 14.9. The zero-order valence-electron chi connectivity index (χ0n) is 17.1. The van der Waals surface area contributed by atoms with Crippen molar-refractivity contribution < 1.29 is 13.9 Å². The van der Waals surface area contributed by atoms with Gasteiger partial charge < -0.3 is 14.5 Å². The van der Waals surface area contributed by atoms with Gasteiger partial charge in [0.2, 0.25) is 11.2 Å². The lowest BCUT2D eigenvalue weighted by Crippen LogP contribution is -2.22. The van der Waals surface area contributed by atoms with Crippen molar-refractivity contribution in [3.05, 3.63) is 92.6 Å². The number of benzene rings is 3. The third kappa shape index (κ3) is 4.54. The molecule has 0 bridgehead atoms. The van der Waals surface area contributed by atoms with E-state index in [0.29, 0.717) is 28.0 Å². The molecule has 156 valence electrons. The molecule has 0 unspecified atom stereocenters. The molecule has 1 N–H and O–H groups in total. The first-order valence-electron chi connectivity index (χ1n) is 9.74. The van der Waals surface area contributed by atoms with Crippen LogP contribution in [0.25, 0.3) is 22.3 Å². The molecule has 31 heavy (non-hydrogen) atoms. The van der Waals surface area contributed by atoms with Crippen molar-refractivity contribution in [1.82, 2.24) is 0 Å². The van der Waals surface area contributed by atoms with Crippen LogP contribution in [-0.4, -0.2) is 12.5 Å². The number of amides is 1. The van der Waals surface area contributed by atoms with Crippen LogP contribution in [0.3, 0.4) is 0 Å². The van der Waals surface area contributed by atoms with Gasteiger partial charge in [0.25, 0.3) is 5.91 Å². The summed E-state index contributed by atoms with van der Waals surface area (Å²) in [7, 11) is 0. The molecule has 0 aliphatic heterocycles. The van der Waals surface area contributed by atoms with E-state index in [9.17, 15) is 9.59 Å². The number of carbonyl (C=O) groups excluding carboxylic acids is 1. The first kappa shape index (κ1) is 20.9. The number of halogens is 1. The van der Waals surface area contributed by atoms with Crippen molar-refractivity contribution in [3.63, 3.8) is 0 Å². The summed E-state index contributed by atoms with van der Waals surface area (Å²) in [4.78, 5) is 25.7. The largest absolute Gasteiger partial charge is 0.476 e. The van der Waals surface area contributed by atoms with Gasteiger partial charge in [0, 0.05) is 15.7 Å². The average molecular weight is 478 g/mol. The highest BCUT2D eigenvalue weighted by molar-refractivity contribution is 9.10. The molecule has 0 saturated heterocycles. The van der Waals surface area contributed by atoms with Gasteiger partial charge in [-0.3, -0.25) is 9.59 Å². The Morgan fingerprint density at radius 1 is 1.00 bits per heavy atom. The van der Waals surface area contributed by atoms with Gasteiger partial charge in [0.15, 0.2) is 12.4 Å². The fourth-order valence-electron chi connectivity index (χ4n) is 3.21. The number of rotatable bonds is 5. The lowest BCUT2D eigenvalue weighted by molar-refractivity contribution is -0.118. The zero-order chi connectivity index (χ0) is 22.0. The second kappa shape index (κ2) is 8.78. The standard InChI is InChI=1S/C25H20BrNO4/c1-15-12-20-21(13-16(15)2)31-24(17-6-4-3-5-7-17)25(23(20)29)30-14-22(28)27-19-10-8-18(26)9-11-19/h3-13H,14H2,1-2H3,(H,27,28). The van der Waals surface area contributed by atoms with Crippen molar-refractivity contribution in [2.24, 2.45) is 0 Å². The van der Waals surface area contributed by atoms with Crippen LogP contribution in [0.2, 0.25) is 0 Å². The van der Waals surface area contributed by atoms with E-state index in [0.717, 1.165) is 15.6 Å². The summed E-state index contributed by atoms with van der Waals surface area (Å²) in [6, 6.07) is 20.1. The molecule has 1 aromatic heterocycles.